The zero-order valence-corrected chi connectivity index (χ0v) is 12.2. The quantitative estimate of drug-likeness (QED) is 0.867. The number of anilines is 1. The number of hydrogen-bond donors (Lipinski definition) is 1. The topological polar surface area (TPSA) is 55.6 Å². The lowest BCUT2D eigenvalue weighted by Gasteiger charge is -2.10. The van der Waals surface area contributed by atoms with Gasteiger partial charge < -0.3 is 5.32 Å². The van der Waals surface area contributed by atoms with Crippen LogP contribution in [0.4, 0.5) is 5.82 Å². The van der Waals surface area contributed by atoms with Crippen molar-refractivity contribution in [3.63, 3.8) is 0 Å². The minimum Gasteiger partial charge on any atom is -0.372 e. The molecule has 0 fully saturated rings. The molecular weight excluding hydrogens is 329 g/mol. The van der Waals surface area contributed by atoms with Crippen molar-refractivity contribution in [3.8, 4) is 11.5 Å². The lowest BCUT2D eigenvalue weighted by molar-refractivity contribution is 0.768. The standard InChI is InChI=1S/C11H14IN5/c1-4-7-9(12)11(13-2)16-10(15-7)8-5-6-14-17(8)3/h5-6H,4H2,1-3H3,(H,13,15,16). The minimum atomic E-state index is 0.714. The third-order valence-corrected chi connectivity index (χ3v) is 3.68. The fourth-order valence-corrected chi connectivity index (χ4v) is 2.49. The van der Waals surface area contributed by atoms with Gasteiger partial charge in [0, 0.05) is 20.3 Å². The summed E-state index contributed by atoms with van der Waals surface area (Å²) in [7, 11) is 3.76. The highest BCUT2D eigenvalue weighted by atomic mass is 127. The molecule has 0 radical (unpaired) electrons. The van der Waals surface area contributed by atoms with E-state index in [0.29, 0.717) is 5.82 Å². The van der Waals surface area contributed by atoms with Gasteiger partial charge >= 0.3 is 0 Å². The van der Waals surface area contributed by atoms with Gasteiger partial charge in [-0.05, 0) is 35.1 Å². The summed E-state index contributed by atoms with van der Waals surface area (Å²) in [5, 5.41) is 7.24. The number of nitrogens with zero attached hydrogens (tertiary/aromatic N) is 4. The summed E-state index contributed by atoms with van der Waals surface area (Å²) in [6.45, 7) is 2.09. The van der Waals surface area contributed by atoms with Gasteiger partial charge in [-0.15, -0.1) is 0 Å². The maximum Gasteiger partial charge on any atom is 0.180 e. The van der Waals surface area contributed by atoms with Crippen LogP contribution in [0, 0.1) is 3.57 Å². The molecular formula is C11H14IN5. The van der Waals surface area contributed by atoms with Gasteiger partial charge in [-0.2, -0.15) is 5.10 Å². The van der Waals surface area contributed by atoms with Crippen LogP contribution in [0.3, 0.4) is 0 Å². The van der Waals surface area contributed by atoms with E-state index in [-0.39, 0.29) is 0 Å². The number of halogens is 1. The van der Waals surface area contributed by atoms with Gasteiger partial charge in [-0.1, -0.05) is 6.92 Å². The molecule has 0 aliphatic heterocycles. The maximum absolute atomic E-state index is 4.58. The monoisotopic (exact) mass is 343 g/mol. The second-order valence-corrected chi connectivity index (χ2v) is 4.68. The molecule has 0 amide bonds. The van der Waals surface area contributed by atoms with E-state index in [2.05, 4.69) is 49.9 Å². The van der Waals surface area contributed by atoms with Gasteiger partial charge in [0.05, 0.1) is 9.26 Å². The number of aromatic nitrogens is 4. The Labute approximate surface area is 114 Å². The second kappa shape index (κ2) is 4.99. The highest BCUT2D eigenvalue weighted by Gasteiger charge is 2.13. The third-order valence-electron chi connectivity index (χ3n) is 2.54. The average molecular weight is 343 g/mol. The minimum absolute atomic E-state index is 0.714. The van der Waals surface area contributed by atoms with Crippen LogP contribution in [-0.2, 0) is 13.5 Å². The smallest absolute Gasteiger partial charge is 0.180 e. The average Bonchev–Trinajstić information content (AvgIpc) is 2.76. The fourth-order valence-electron chi connectivity index (χ4n) is 1.60. The molecule has 0 saturated carbocycles. The predicted octanol–water partition coefficient (Wildman–Crippen LogP) is 2.09. The first kappa shape index (κ1) is 12.3. The predicted molar refractivity (Wildman–Crippen MR) is 75.9 cm³/mol. The second-order valence-electron chi connectivity index (χ2n) is 3.60. The Morgan fingerprint density at radius 2 is 2.18 bits per heavy atom. The van der Waals surface area contributed by atoms with Crippen molar-refractivity contribution in [3.05, 3.63) is 21.5 Å². The van der Waals surface area contributed by atoms with E-state index in [4.69, 9.17) is 0 Å². The molecule has 0 atom stereocenters. The summed E-state index contributed by atoms with van der Waals surface area (Å²) in [6, 6.07) is 1.92. The fraction of sp³-hybridized carbons (Fsp3) is 0.364. The molecule has 2 aromatic rings. The molecule has 17 heavy (non-hydrogen) atoms. The van der Waals surface area contributed by atoms with Gasteiger partial charge in [0.15, 0.2) is 5.82 Å². The molecule has 2 rings (SSSR count). The van der Waals surface area contributed by atoms with Crippen LogP contribution >= 0.6 is 22.6 Å². The summed E-state index contributed by atoms with van der Waals surface area (Å²) in [4.78, 5) is 9.10. The van der Waals surface area contributed by atoms with Crippen LogP contribution in [0.2, 0.25) is 0 Å². The van der Waals surface area contributed by atoms with Gasteiger partial charge in [-0.3, -0.25) is 4.68 Å². The normalized spacial score (nSPS) is 10.6. The highest BCUT2D eigenvalue weighted by Crippen LogP contribution is 2.23. The Morgan fingerprint density at radius 1 is 1.41 bits per heavy atom. The van der Waals surface area contributed by atoms with E-state index in [9.17, 15) is 0 Å². The molecule has 0 aliphatic rings. The molecule has 0 bridgehead atoms. The Bertz CT molecular complexity index is 509. The van der Waals surface area contributed by atoms with Gasteiger partial charge in [0.25, 0.3) is 0 Å². The van der Waals surface area contributed by atoms with Gasteiger partial charge in [-0.25, -0.2) is 9.97 Å². The SMILES string of the molecule is CCc1nc(-c2ccnn2C)nc(NC)c1I. The molecule has 0 aliphatic carbocycles. The van der Waals surface area contributed by atoms with Crippen molar-refractivity contribution in [2.24, 2.45) is 7.05 Å². The van der Waals surface area contributed by atoms with Crippen molar-refractivity contribution < 1.29 is 0 Å². The van der Waals surface area contributed by atoms with E-state index in [1.165, 1.54) is 0 Å². The van der Waals surface area contributed by atoms with Crippen LogP contribution in [-0.4, -0.2) is 26.8 Å². The molecule has 0 spiro atoms. The zero-order valence-electron chi connectivity index (χ0n) is 10.0. The zero-order chi connectivity index (χ0) is 12.4. The van der Waals surface area contributed by atoms with Crippen LogP contribution in [0.15, 0.2) is 12.3 Å². The first-order chi connectivity index (χ1) is 8.17. The van der Waals surface area contributed by atoms with Crippen LogP contribution in [0.1, 0.15) is 12.6 Å². The molecule has 0 aromatic carbocycles. The third kappa shape index (κ3) is 2.26. The number of nitrogens with one attached hydrogen (secondary N) is 1. The molecule has 0 saturated heterocycles. The molecule has 2 heterocycles. The van der Waals surface area contributed by atoms with Crippen molar-refractivity contribution in [1.82, 2.24) is 19.7 Å². The van der Waals surface area contributed by atoms with E-state index < -0.39 is 0 Å². The summed E-state index contributed by atoms with van der Waals surface area (Å²) in [6.07, 6.45) is 2.64. The lowest BCUT2D eigenvalue weighted by Crippen LogP contribution is -2.06. The number of rotatable bonds is 3. The Morgan fingerprint density at radius 3 is 2.71 bits per heavy atom. The van der Waals surface area contributed by atoms with Gasteiger partial charge in [0.2, 0.25) is 0 Å². The van der Waals surface area contributed by atoms with E-state index in [0.717, 1.165) is 27.2 Å². The molecule has 6 heteroatoms. The summed E-state index contributed by atoms with van der Waals surface area (Å²) >= 11 is 2.27. The van der Waals surface area contributed by atoms with Crippen LogP contribution in [0.5, 0.6) is 0 Å². The number of aryl methyl sites for hydroxylation is 2. The maximum atomic E-state index is 4.58. The molecule has 0 unspecified atom stereocenters. The molecule has 90 valence electrons. The Balaban J connectivity index is 2.60. The molecule has 5 nitrogen and oxygen atoms in total. The molecule has 2 aromatic heterocycles. The van der Waals surface area contributed by atoms with Crippen molar-refractivity contribution >= 4 is 28.4 Å². The van der Waals surface area contributed by atoms with Crippen LogP contribution < -0.4 is 5.32 Å². The first-order valence-electron chi connectivity index (χ1n) is 5.40. The summed E-state index contributed by atoms with van der Waals surface area (Å²) in [5.74, 6) is 1.58. The summed E-state index contributed by atoms with van der Waals surface area (Å²) in [5.41, 5.74) is 1.98. The Hall–Kier alpha value is -1.18. The largest absolute Gasteiger partial charge is 0.372 e. The van der Waals surface area contributed by atoms with Crippen molar-refractivity contribution in [2.75, 3.05) is 12.4 Å². The Kier molecular flexibility index (Phi) is 3.60. The first-order valence-corrected chi connectivity index (χ1v) is 6.47. The van der Waals surface area contributed by atoms with E-state index in [1.54, 1.807) is 10.9 Å². The van der Waals surface area contributed by atoms with Crippen molar-refractivity contribution in [1.29, 1.82) is 0 Å². The lowest BCUT2D eigenvalue weighted by atomic mass is 10.3. The van der Waals surface area contributed by atoms with Crippen molar-refractivity contribution in [2.45, 2.75) is 13.3 Å². The summed E-state index contributed by atoms with van der Waals surface area (Å²) < 4.78 is 2.86. The highest BCUT2D eigenvalue weighted by molar-refractivity contribution is 14.1. The van der Waals surface area contributed by atoms with E-state index >= 15 is 0 Å². The van der Waals surface area contributed by atoms with E-state index in [1.807, 2.05) is 20.2 Å². The molecule has 1 N–H and O–H groups in total. The number of hydrogen-bond acceptors (Lipinski definition) is 4. The van der Waals surface area contributed by atoms with Crippen LogP contribution in [0.25, 0.3) is 11.5 Å². The van der Waals surface area contributed by atoms with Gasteiger partial charge in [0.1, 0.15) is 11.5 Å².